The Bertz CT molecular complexity index is 680. The molecule has 1 fully saturated rings. The summed E-state index contributed by atoms with van der Waals surface area (Å²) in [6.45, 7) is 4.51. The normalized spacial score (nSPS) is 20.3. The third-order valence-corrected chi connectivity index (χ3v) is 5.53. The van der Waals surface area contributed by atoms with Gasteiger partial charge in [0, 0.05) is 18.7 Å². The summed E-state index contributed by atoms with van der Waals surface area (Å²) in [6, 6.07) is 5.59. The summed E-state index contributed by atoms with van der Waals surface area (Å²) in [7, 11) is -3.04. The molecule has 4 nitrogen and oxygen atoms in total. The second-order valence-corrected chi connectivity index (χ2v) is 8.55. The SMILES string of the molecule is CC(C)CN(C(=O)/C=C/c1ccc(F)cc1)[C@@H]1CCS(=O)(=O)C1. The van der Waals surface area contributed by atoms with Crippen molar-refractivity contribution in [3.05, 3.63) is 41.7 Å². The van der Waals surface area contributed by atoms with Crippen molar-refractivity contribution in [1.82, 2.24) is 4.90 Å². The smallest absolute Gasteiger partial charge is 0.246 e. The van der Waals surface area contributed by atoms with Crippen LogP contribution in [0.2, 0.25) is 0 Å². The number of benzene rings is 1. The van der Waals surface area contributed by atoms with Crippen LogP contribution in [0.25, 0.3) is 6.08 Å². The first kappa shape index (κ1) is 17.7. The summed E-state index contributed by atoms with van der Waals surface area (Å²) < 4.78 is 36.2. The van der Waals surface area contributed by atoms with Crippen LogP contribution in [0.3, 0.4) is 0 Å². The van der Waals surface area contributed by atoms with Gasteiger partial charge in [0.25, 0.3) is 0 Å². The van der Waals surface area contributed by atoms with Crippen LogP contribution < -0.4 is 0 Å². The van der Waals surface area contributed by atoms with Gasteiger partial charge in [-0.05, 0) is 36.1 Å². The highest BCUT2D eigenvalue weighted by molar-refractivity contribution is 7.91. The van der Waals surface area contributed by atoms with Crippen molar-refractivity contribution < 1.29 is 17.6 Å². The van der Waals surface area contributed by atoms with Gasteiger partial charge in [0.05, 0.1) is 11.5 Å². The predicted molar refractivity (Wildman–Crippen MR) is 89.0 cm³/mol. The average Bonchev–Trinajstić information content (AvgIpc) is 2.83. The molecule has 1 aliphatic heterocycles. The van der Waals surface area contributed by atoms with Gasteiger partial charge in [-0.2, -0.15) is 0 Å². The van der Waals surface area contributed by atoms with Gasteiger partial charge in [0.15, 0.2) is 9.84 Å². The Morgan fingerprint density at radius 2 is 2.00 bits per heavy atom. The summed E-state index contributed by atoms with van der Waals surface area (Å²) in [5.74, 6) is -0.102. The minimum atomic E-state index is -3.04. The molecular formula is C17H22FNO3S. The molecule has 6 heteroatoms. The van der Waals surface area contributed by atoms with E-state index in [0.717, 1.165) is 5.56 Å². The Hall–Kier alpha value is -1.69. The minimum absolute atomic E-state index is 0.0375. The molecule has 126 valence electrons. The van der Waals surface area contributed by atoms with E-state index in [1.807, 2.05) is 13.8 Å². The van der Waals surface area contributed by atoms with Gasteiger partial charge in [-0.3, -0.25) is 4.79 Å². The first-order valence-corrected chi connectivity index (χ1v) is 9.53. The van der Waals surface area contributed by atoms with Crippen LogP contribution in [-0.4, -0.2) is 43.3 Å². The van der Waals surface area contributed by atoms with Crippen molar-refractivity contribution in [3.8, 4) is 0 Å². The molecule has 2 rings (SSSR count). The van der Waals surface area contributed by atoms with Gasteiger partial charge < -0.3 is 4.90 Å². The van der Waals surface area contributed by atoms with Crippen LogP contribution in [0.15, 0.2) is 30.3 Å². The molecule has 23 heavy (non-hydrogen) atoms. The molecule has 0 aromatic heterocycles. The molecule has 0 bridgehead atoms. The molecule has 1 aromatic rings. The van der Waals surface area contributed by atoms with Gasteiger partial charge >= 0.3 is 0 Å². The van der Waals surface area contributed by atoms with Crippen molar-refractivity contribution in [1.29, 1.82) is 0 Å². The van der Waals surface area contributed by atoms with Gasteiger partial charge in [-0.15, -0.1) is 0 Å². The fourth-order valence-corrected chi connectivity index (χ4v) is 4.40. The van der Waals surface area contributed by atoms with E-state index in [1.165, 1.54) is 18.2 Å². The molecule has 1 aliphatic rings. The Balaban J connectivity index is 2.12. The summed E-state index contributed by atoms with van der Waals surface area (Å²) in [5, 5.41) is 0. The third kappa shape index (κ3) is 5.16. The largest absolute Gasteiger partial charge is 0.335 e. The standard InChI is InChI=1S/C17H22FNO3S/c1-13(2)11-19(16-9-10-23(21,22)12-16)17(20)8-5-14-3-6-15(18)7-4-14/h3-8,13,16H,9-12H2,1-2H3/b8-5+/t16-/m1/s1. The Morgan fingerprint density at radius 3 is 2.52 bits per heavy atom. The molecule has 1 atom stereocenters. The van der Waals surface area contributed by atoms with Crippen LogP contribution in [0.5, 0.6) is 0 Å². The summed E-state index contributed by atoms with van der Waals surface area (Å²) in [5.41, 5.74) is 0.725. The Morgan fingerprint density at radius 1 is 1.35 bits per heavy atom. The summed E-state index contributed by atoms with van der Waals surface area (Å²) in [6.07, 6.45) is 3.55. The zero-order chi connectivity index (χ0) is 17.0. The van der Waals surface area contributed by atoms with Gasteiger partial charge in [0.2, 0.25) is 5.91 Å². The van der Waals surface area contributed by atoms with Crippen molar-refractivity contribution in [2.45, 2.75) is 26.3 Å². The second-order valence-electron chi connectivity index (χ2n) is 6.33. The maximum absolute atomic E-state index is 12.9. The van der Waals surface area contributed by atoms with E-state index in [1.54, 1.807) is 23.1 Å². The van der Waals surface area contributed by atoms with Crippen molar-refractivity contribution in [3.63, 3.8) is 0 Å². The number of hydrogen-bond donors (Lipinski definition) is 0. The van der Waals surface area contributed by atoms with Gasteiger partial charge in [0.1, 0.15) is 5.82 Å². The number of carbonyl (C=O) groups is 1. The third-order valence-electron chi connectivity index (χ3n) is 3.78. The predicted octanol–water partition coefficient (Wildman–Crippen LogP) is 2.51. The highest BCUT2D eigenvalue weighted by Gasteiger charge is 2.34. The molecule has 0 N–H and O–H groups in total. The van der Waals surface area contributed by atoms with Crippen molar-refractivity contribution in [2.75, 3.05) is 18.1 Å². The molecule has 1 heterocycles. The Kier molecular flexibility index (Phi) is 5.57. The maximum atomic E-state index is 12.9. The van der Waals surface area contributed by atoms with E-state index in [4.69, 9.17) is 0 Å². The maximum Gasteiger partial charge on any atom is 0.246 e. The zero-order valence-electron chi connectivity index (χ0n) is 13.4. The monoisotopic (exact) mass is 339 g/mol. The molecule has 0 aliphatic carbocycles. The van der Waals surface area contributed by atoms with Gasteiger partial charge in [-0.1, -0.05) is 26.0 Å². The molecule has 0 unspecified atom stereocenters. The molecule has 1 amide bonds. The zero-order valence-corrected chi connectivity index (χ0v) is 14.2. The van der Waals surface area contributed by atoms with Gasteiger partial charge in [-0.25, -0.2) is 12.8 Å². The average molecular weight is 339 g/mol. The number of halogens is 1. The van der Waals surface area contributed by atoms with Crippen LogP contribution >= 0.6 is 0 Å². The first-order chi connectivity index (χ1) is 10.8. The van der Waals surface area contributed by atoms with E-state index in [-0.39, 0.29) is 35.2 Å². The van der Waals surface area contributed by atoms with Crippen LogP contribution in [-0.2, 0) is 14.6 Å². The molecule has 0 spiro atoms. The van der Waals surface area contributed by atoms with E-state index >= 15 is 0 Å². The number of carbonyl (C=O) groups excluding carboxylic acids is 1. The lowest BCUT2D eigenvalue weighted by molar-refractivity contribution is -0.128. The van der Waals surface area contributed by atoms with Crippen molar-refractivity contribution in [2.24, 2.45) is 5.92 Å². The summed E-state index contributed by atoms with van der Waals surface area (Å²) in [4.78, 5) is 14.1. The van der Waals surface area contributed by atoms with Crippen molar-refractivity contribution >= 4 is 21.8 Å². The first-order valence-electron chi connectivity index (χ1n) is 7.71. The van der Waals surface area contributed by atoms with E-state index in [2.05, 4.69) is 0 Å². The Labute approximate surface area is 136 Å². The summed E-state index contributed by atoms with van der Waals surface area (Å²) >= 11 is 0. The molecule has 1 aromatic carbocycles. The number of hydrogen-bond acceptors (Lipinski definition) is 3. The van der Waals surface area contributed by atoms with Crippen LogP contribution in [0, 0.1) is 11.7 Å². The lowest BCUT2D eigenvalue weighted by atomic mass is 10.1. The van der Waals surface area contributed by atoms with Crippen LogP contribution in [0.4, 0.5) is 4.39 Å². The van der Waals surface area contributed by atoms with E-state index in [9.17, 15) is 17.6 Å². The van der Waals surface area contributed by atoms with E-state index < -0.39 is 9.84 Å². The highest BCUT2D eigenvalue weighted by atomic mass is 32.2. The molecular weight excluding hydrogens is 317 g/mol. The number of sulfone groups is 1. The lowest BCUT2D eigenvalue weighted by Crippen LogP contribution is -2.42. The molecule has 0 radical (unpaired) electrons. The quantitative estimate of drug-likeness (QED) is 0.775. The van der Waals surface area contributed by atoms with Crippen LogP contribution in [0.1, 0.15) is 25.8 Å². The highest BCUT2D eigenvalue weighted by Crippen LogP contribution is 2.20. The lowest BCUT2D eigenvalue weighted by Gasteiger charge is -2.28. The number of amides is 1. The molecule has 0 saturated carbocycles. The number of nitrogens with zero attached hydrogens (tertiary/aromatic N) is 1. The topological polar surface area (TPSA) is 54.5 Å². The molecule has 1 saturated heterocycles. The fourth-order valence-electron chi connectivity index (χ4n) is 2.67. The minimum Gasteiger partial charge on any atom is -0.335 e. The second kappa shape index (κ2) is 7.25. The van der Waals surface area contributed by atoms with E-state index in [0.29, 0.717) is 13.0 Å². The number of rotatable bonds is 5. The fraction of sp³-hybridized carbons (Fsp3) is 0.471.